The first-order valence-electron chi connectivity index (χ1n) is 10.3. The van der Waals surface area contributed by atoms with Crippen LogP contribution in [0.3, 0.4) is 0 Å². The number of anilines is 3. The lowest BCUT2D eigenvalue weighted by Gasteiger charge is -2.19. The molecule has 0 aliphatic carbocycles. The molecule has 4 rings (SSSR count). The molecule has 0 radical (unpaired) electrons. The number of aromatic carboxylic acids is 1. The fourth-order valence-electron chi connectivity index (χ4n) is 3.35. The summed E-state index contributed by atoms with van der Waals surface area (Å²) in [4.78, 5) is 16.0. The summed E-state index contributed by atoms with van der Waals surface area (Å²) in [5.74, 6) is -1.61. The summed E-state index contributed by atoms with van der Waals surface area (Å²) in [7, 11) is -4.21. The average molecular weight is 550 g/mol. The van der Waals surface area contributed by atoms with Crippen molar-refractivity contribution in [2.45, 2.75) is 10.1 Å². The predicted molar refractivity (Wildman–Crippen MR) is 140 cm³/mol. The largest absolute Gasteiger partial charge is 0.545 e. The third-order valence-corrected chi connectivity index (χ3v) is 7.94. The Balaban J connectivity index is 1.45. The van der Waals surface area contributed by atoms with Gasteiger partial charge in [-0.05, 0) is 54.6 Å². The predicted octanol–water partition coefficient (Wildman–Crippen LogP) is 4.15. The second-order valence-corrected chi connectivity index (χ2v) is 11.3. The molecule has 0 amide bonds. The molecule has 0 saturated carbocycles. The van der Waals surface area contributed by atoms with Crippen LogP contribution in [0.15, 0.2) is 76.6 Å². The monoisotopic (exact) mass is 549 g/mol. The molecule has 3 N–H and O–H groups in total. The number of hydrogen-bond acceptors (Lipinski definition) is 8. The summed E-state index contributed by atoms with van der Waals surface area (Å²) < 4.78 is 28.3. The quantitative estimate of drug-likeness (QED) is 0.385. The Morgan fingerprint density at radius 2 is 1.77 bits per heavy atom. The van der Waals surface area contributed by atoms with Gasteiger partial charge < -0.3 is 20.5 Å². The molecule has 35 heavy (non-hydrogen) atoms. The molecule has 0 aromatic heterocycles. The Morgan fingerprint density at radius 3 is 2.49 bits per heavy atom. The summed E-state index contributed by atoms with van der Waals surface area (Å²) in [6.07, 6.45) is 0. The van der Waals surface area contributed by atoms with Crippen LogP contribution in [0.25, 0.3) is 0 Å². The molecule has 0 bridgehead atoms. The minimum atomic E-state index is -4.21. The van der Waals surface area contributed by atoms with Gasteiger partial charge in [-0.1, -0.05) is 47.1 Å². The maximum atomic E-state index is 13.0. The summed E-state index contributed by atoms with van der Waals surface area (Å²) in [6.45, 7) is 0.848. The van der Waals surface area contributed by atoms with Gasteiger partial charge in [0.25, 0.3) is 10.0 Å². The van der Waals surface area contributed by atoms with Gasteiger partial charge in [-0.25, -0.2) is 8.42 Å². The summed E-state index contributed by atoms with van der Waals surface area (Å²) in [5.41, 5.74) is 0.745. The highest BCUT2D eigenvalue weighted by Gasteiger charge is 2.24. The van der Waals surface area contributed by atoms with Crippen molar-refractivity contribution >= 4 is 73.2 Å². The van der Waals surface area contributed by atoms with Crippen molar-refractivity contribution < 1.29 is 18.3 Å². The molecule has 3 aromatic carbocycles. The molecule has 1 aliphatic rings. The lowest BCUT2D eigenvalue weighted by Crippen LogP contribution is -2.29. The van der Waals surface area contributed by atoms with Crippen molar-refractivity contribution in [3.63, 3.8) is 0 Å². The van der Waals surface area contributed by atoms with Crippen molar-refractivity contribution in [1.29, 1.82) is 0 Å². The highest BCUT2D eigenvalue weighted by Crippen LogP contribution is 2.28. The standard InChI is InChI=1S/C23H20Cl2N4O4S2/c24-14-7-9-16(10-8-14)29-35(32,33)20-6-2-5-19(21(20)22(30)31)26-12-18-13-27-23(34-18)28-17-4-1-3-15(25)11-17/h1-11,18,26,29H,12-13H2,(H,27,28)(H,30,31)/p-1. The van der Waals surface area contributed by atoms with Crippen molar-refractivity contribution in [1.82, 2.24) is 0 Å². The normalized spacial score (nSPS) is 15.4. The van der Waals surface area contributed by atoms with Gasteiger partial charge in [-0.15, -0.1) is 0 Å². The molecule has 1 unspecified atom stereocenters. The number of benzene rings is 3. The number of thioether (sulfide) groups is 1. The zero-order valence-electron chi connectivity index (χ0n) is 18.0. The number of carboxylic acids is 1. The smallest absolute Gasteiger partial charge is 0.262 e. The Labute approximate surface area is 216 Å². The number of halogens is 2. The molecule has 1 heterocycles. The van der Waals surface area contributed by atoms with E-state index < -0.39 is 26.5 Å². The highest BCUT2D eigenvalue weighted by atomic mass is 35.5. The number of nitrogens with one attached hydrogen (secondary N) is 3. The number of amidine groups is 1. The van der Waals surface area contributed by atoms with Crippen LogP contribution in [0, 0.1) is 0 Å². The van der Waals surface area contributed by atoms with Gasteiger partial charge in [0.1, 0.15) is 0 Å². The van der Waals surface area contributed by atoms with Crippen LogP contribution in [0.4, 0.5) is 17.1 Å². The van der Waals surface area contributed by atoms with Gasteiger partial charge in [0, 0.05) is 44.5 Å². The molecule has 182 valence electrons. The Hall–Kier alpha value is -2.92. The molecule has 8 nitrogen and oxygen atoms in total. The number of hydrogen-bond donors (Lipinski definition) is 3. The Morgan fingerprint density at radius 1 is 1.03 bits per heavy atom. The zero-order chi connectivity index (χ0) is 25.0. The number of aliphatic imine (C=N–C) groups is 1. The van der Waals surface area contributed by atoms with Crippen LogP contribution in [0.1, 0.15) is 10.4 Å². The first-order chi connectivity index (χ1) is 16.7. The van der Waals surface area contributed by atoms with Crippen LogP contribution in [0.2, 0.25) is 10.0 Å². The molecule has 1 atom stereocenters. The van der Waals surface area contributed by atoms with E-state index in [0.29, 0.717) is 28.3 Å². The number of carbonyl (C=O) groups excluding carboxylic acids is 1. The number of carbonyl (C=O) groups is 1. The maximum absolute atomic E-state index is 13.0. The van der Waals surface area contributed by atoms with E-state index in [2.05, 4.69) is 20.3 Å². The molecule has 1 aliphatic heterocycles. The van der Waals surface area contributed by atoms with Crippen molar-refractivity contribution in [3.8, 4) is 0 Å². The number of sulfonamides is 1. The highest BCUT2D eigenvalue weighted by molar-refractivity contribution is 8.15. The third kappa shape index (κ3) is 6.40. The SMILES string of the molecule is O=C([O-])c1c(NCC2CN=C(Nc3cccc(Cl)c3)S2)cccc1S(=O)(=O)Nc1ccc(Cl)cc1. The molecule has 0 fully saturated rings. The van der Waals surface area contributed by atoms with E-state index in [0.717, 1.165) is 5.69 Å². The lowest BCUT2D eigenvalue weighted by molar-refractivity contribution is -0.255. The summed E-state index contributed by atoms with van der Waals surface area (Å²) >= 11 is 13.3. The lowest BCUT2D eigenvalue weighted by atomic mass is 10.1. The van der Waals surface area contributed by atoms with E-state index in [1.807, 2.05) is 12.1 Å². The third-order valence-electron chi connectivity index (χ3n) is 4.93. The van der Waals surface area contributed by atoms with Gasteiger partial charge in [0.2, 0.25) is 0 Å². The van der Waals surface area contributed by atoms with Gasteiger partial charge in [0.05, 0.1) is 17.4 Å². The van der Waals surface area contributed by atoms with E-state index in [1.165, 1.54) is 54.2 Å². The van der Waals surface area contributed by atoms with Crippen molar-refractivity contribution in [2.24, 2.45) is 4.99 Å². The molecule has 0 spiro atoms. The van der Waals surface area contributed by atoms with E-state index in [1.54, 1.807) is 12.1 Å². The molecular weight excluding hydrogens is 531 g/mol. The number of nitrogens with zero attached hydrogens (tertiary/aromatic N) is 1. The Kier molecular flexibility index (Phi) is 7.75. The van der Waals surface area contributed by atoms with Crippen LogP contribution in [0.5, 0.6) is 0 Å². The minimum absolute atomic E-state index is 0.00116. The fourth-order valence-corrected chi connectivity index (χ4v) is 5.90. The second-order valence-electron chi connectivity index (χ2n) is 7.48. The van der Waals surface area contributed by atoms with E-state index in [4.69, 9.17) is 23.2 Å². The first-order valence-corrected chi connectivity index (χ1v) is 13.4. The summed E-state index contributed by atoms with van der Waals surface area (Å²) in [5, 5.41) is 19.9. The van der Waals surface area contributed by atoms with Gasteiger partial charge in [0.15, 0.2) is 5.17 Å². The van der Waals surface area contributed by atoms with E-state index >= 15 is 0 Å². The van der Waals surface area contributed by atoms with Crippen molar-refractivity contribution in [2.75, 3.05) is 28.4 Å². The second kappa shape index (κ2) is 10.8. The van der Waals surface area contributed by atoms with Gasteiger partial charge >= 0.3 is 0 Å². The summed E-state index contributed by atoms with van der Waals surface area (Å²) in [6, 6.07) is 17.4. The van der Waals surface area contributed by atoms with Crippen LogP contribution in [-0.2, 0) is 10.0 Å². The van der Waals surface area contributed by atoms with Gasteiger partial charge in [-0.3, -0.25) is 9.71 Å². The maximum Gasteiger partial charge on any atom is 0.262 e. The molecule has 3 aromatic rings. The van der Waals surface area contributed by atoms with E-state index in [9.17, 15) is 18.3 Å². The van der Waals surface area contributed by atoms with Crippen molar-refractivity contribution in [3.05, 3.63) is 82.3 Å². The van der Waals surface area contributed by atoms with Crippen LogP contribution >= 0.6 is 35.0 Å². The minimum Gasteiger partial charge on any atom is -0.545 e. The average Bonchev–Trinajstić information content (AvgIpc) is 3.26. The molecule has 0 saturated heterocycles. The van der Waals surface area contributed by atoms with E-state index in [-0.39, 0.29) is 16.6 Å². The Bertz CT molecular complexity index is 1380. The number of rotatable bonds is 8. The molecular formula is C23H19Cl2N4O4S2-. The number of carboxylic acid groups (broad SMARTS) is 1. The topological polar surface area (TPSA) is 123 Å². The zero-order valence-corrected chi connectivity index (χ0v) is 21.1. The van der Waals surface area contributed by atoms with Crippen LogP contribution in [-0.4, -0.2) is 37.9 Å². The first kappa shape index (κ1) is 25.2. The van der Waals surface area contributed by atoms with Crippen LogP contribution < -0.4 is 20.5 Å². The van der Waals surface area contributed by atoms with Gasteiger partial charge in [-0.2, -0.15) is 0 Å². The fraction of sp³-hybridized carbons (Fsp3) is 0.130. The molecule has 12 heteroatoms.